The first-order valence-corrected chi connectivity index (χ1v) is 10.3. The molecule has 1 amide bonds. The molecule has 2 aromatic carbocycles. The van der Waals surface area contributed by atoms with Crippen LogP contribution in [0, 0.1) is 6.92 Å². The number of rotatable bonds is 5. The number of methoxy groups -OCH3 is 2. The van der Waals surface area contributed by atoms with Crippen molar-refractivity contribution >= 4 is 16.9 Å². The van der Waals surface area contributed by atoms with E-state index < -0.39 is 6.09 Å². The number of nitrogens with one attached hydrogen (secondary N) is 1. The summed E-state index contributed by atoms with van der Waals surface area (Å²) in [7, 11) is 3.03. The average Bonchev–Trinajstić information content (AvgIpc) is 3.16. The molecule has 1 N–H and O–H groups in total. The minimum absolute atomic E-state index is 0.0969. The van der Waals surface area contributed by atoms with Gasteiger partial charge in [0.1, 0.15) is 0 Å². The van der Waals surface area contributed by atoms with Gasteiger partial charge in [-0.3, -0.25) is 4.79 Å². The van der Waals surface area contributed by atoms with E-state index in [2.05, 4.69) is 23.5 Å². The van der Waals surface area contributed by atoms with E-state index in [1.807, 2.05) is 13.8 Å². The monoisotopic (exact) mass is 422 g/mol. The fourth-order valence-corrected chi connectivity index (χ4v) is 4.14. The molecule has 1 heterocycles. The standard InChI is InChI=1S/C24H26N2O5/c1-5-26-13-22(17-11-20(29-3)21(30-4)12-18(17)23(26)27)31-24(28)25-19-9-8-15-7-6-14(2)10-16(15)19/h6-7,10-13,19H,5,8-9H2,1-4H3,(H,25,28). The molecule has 7 nitrogen and oxygen atoms in total. The highest BCUT2D eigenvalue weighted by molar-refractivity contribution is 5.92. The van der Waals surface area contributed by atoms with Crippen molar-refractivity contribution in [2.75, 3.05) is 14.2 Å². The Labute approximate surface area is 180 Å². The fraction of sp³-hybridized carbons (Fsp3) is 0.333. The molecule has 1 aromatic heterocycles. The molecule has 31 heavy (non-hydrogen) atoms. The van der Waals surface area contributed by atoms with Crippen LogP contribution in [0.2, 0.25) is 0 Å². The van der Waals surface area contributed by atoms with Crippen molar-refractivity contribution in [2.45, 2.75) is 39.3 Å². The Morgan fingerprint density at radius 1 is 1.10 bits per heavy atom. The van der Waals surface area contributed by atoms with Crippen LogP contribution in [0.3, 0.4) is 0 Å². The van der Waals surface area contributed by atoms with Crippen LogP contribution in [0.1, 0.15) is 36.1 Å². The van der Waals surface area contributed by atoms with E-state index in [1.165, 1.54) is 24.4 Å². The first-order chi connectivity index (χ1) is 14.9. The second-order valence-corrected chi connectivity index (χ2v) is 7.66. The zero-order valence-electron chi connectivity index (χ0n) is 18.2. The number of ether oxygens (including phenoxy) is 3. The highest BCUT2D eigenvalue weighted by Crippen LogP contribution is 2.35. The van der Waals surface area contributed by atoms with Gasteiger partial charge in [-0.15, -0.1) is 0 Å². The van der Waals surface area contributed by atoms with Crippen LogP contribution in [-0.4, -0.2) is 24.9 Å². The smallest absolute Gasteiger partial charge is 0.413 e. The highest BCUT2D eigenvalue weighted by Gasteiger charge is 2.25. The van der Waals surface area contributed by atoms with Gasteiger partial charge in [-0.1, -0.05) is 23.8 Å². The Morgan fingerprint density at radius 2 is 1.81 bits per heavy atom. The van der Waals surface area contributed by atoms with Gasteiger partial charge in [-0.2, -0.15) is 0 Å². The van der Waals surface area contributed by atoms with E-state index in [0.29, 0.717) is 28.8 Å². The number of hydrogen-bond acceptors (Lipinski definition) is 5. The fourth-order valence-electron chi connectivity index (χ4n) is 4.14. The van der Waals surface area contributed by atoms with Gasteiger partial charge in [0.15, 0.2) is 17.2 Å². The van der Waals surface area contributed by atoms with Crippen LogP contribution in [0.15, 0.2) is 41.3 Å². The van der Waals surface area contributed by atoms with Crippen LogP contribution >= 0.6 is 0 Å². The summed E-state index contributed by atoms with van der Waals surface area (Å²) in [6, 6.07) is 9.48. The number of benzene rings is 2. The van der Waals surface area contributed by atoms with Gasteiger partial charge in [0, 0.05) is 11.9 Å². The first-order valence-electron chi connectivity index (χ1n) is 10.3. The summed E-state index contributed by atoms with van der Waals surface area (Å²) in [4.78, 5) is 25.6. The molecule has 0 aliphatic heterocycles. The number of fused-ring (bicyclic) bond motifs is 2. The van der Waals surface area contributed by atoms with Gasteiger partial charge in [0.2, 0.25) is 0 Å². The highest BCUT2D eigenvalue weighted by atomic mass is 16.6. The summed E-state index contributed by atoms with van der Waals surface area (Å²) in [5.74, 6) is 1.18. The summed E-state index contributed by atoms with van der Waals surface area (Å²) in [6.07, 6.45) is 2.75. The van der Waals surface area contributed by atoms with Crippen molar-refractivity contribution in [1.82, 2.24) is 9.88 Å². The van der Waals surface area contributed by atoms with Crippen molar-refractivity contribution in [3.63, 3.8) is 0 Å². The number of carbonyl (C=O) groups excluding carboxylic acids is 1. The Balaban J connectivity index is 1.68. The van der Waals surface area contributed by atoms with Crippen LogP contribution < -0.4 is 25.1 Å². The molecule has 0 fully saturated rings. The molecule has 162 valence electrons. The van der Waals surface area contributed by atoms with E-state index in [-0.39, 0.29) is 17.4 Å². The number of hydrogen-bond donors (Lipinski definition) is 1. The first kappa shape index (κ1) is 20.8. The van der Waals surface area contributed by atoms with Crippen LogP contribution in [0.4, 0.5) is 4.79 Å². The molecule has 1 aliphatic rings. The summed E-state index contributed by atoms with van der Waals surface area (Å²) in [5.41, 5.74) is 3.35. The summed E-state index contributed by atoms with van der Waals surface area (Å²) in [5, 5.41) is 3.86. The number of aromatic nitrogens is 1. The van der Waals surface area contributed by atoms with Crippen molar-refractivity contribution in [1.29, 1.82) is 0 Å². The molecule has 1 unspecified atom stereocenters. The summed E-state index contributed by atoms with van der Waals surface area (Å²) >= 11 is 0. The lowest BCUT2D eigenvalue weighted by molar-refractivity contribution is 0.196. The zero-order valence-corrected chi connectivity index (χ0v) is 18.2. The van der Waals surface area contributed by atoms with Gasteiger partial charge >= 0.3 is 6.09 Å². The molecule has 0 spiro atoms. The molecule has 0 saturated carbocycles. The lowest BCUT2D eigenvalue weighted by Crippen LogP contribution is -2.30. The second-order valence-electron chi connectivity index (χ2n) is 7.66. The lowest BCUT2D eigenvalue weighted by atomic mass is 10.1. The maximum atomic E-state index is 12.8. The maximum Gasteiger partial charge on any atom is 0.413 e. The van der Waals surface area contributed by atoms with Crippen molar-refractivity contribution in [3.05, 3.63) is 63.6 Å². The Kier molecular flexibility index (Phi) is 5.59. The predicted octanol–water partition coefficient (Wildman–Crippen LogP) is 4.12. The normalized spacial score (nSPS) is 14.9. The topological polar surface area (TPSA) is 78.8 Å². The number of amides is 1. The van der Waals surface area contributed by atoms with E-state index in [1.54, 1.807) is 18.3 Å². The maximum absolute atomic E-state index is 12.8. The van der Waals surface area contributed by atoms with Gasteiger partial charge in [0.05, 0.1) is 31.8 Å². The van der Waals surface area contributed by atoms with Gasteiger partial charge in [-0.05, 0) is 49.9 Å². The van der Waals surface area contributed by atoms with Gasteiger partial charge in [-0.25, -0.2) is 4.79 Å². The summed E-state index contributed by atoms with van der Waals surface area (Å²) < 4.78 is 17.9. The van der Waals surface area contributed by atoms with Crippen molar-refractivity contribution in [2.24, 2.45) is 0 Å². The molecule has 1 atom stereocenters. The predicted molar refractivity (Wildman–Crippen MR) is 118 cm³/mol. The summed E-state index contributed by atoms with van der Waals surface area (Å²) in [6.45, 7) is 4.34. The third-order valence-electron chi connectivity index (χ3n) is 5.77. The molecule has 1 aliphatic carbocycles. The molecule has 0 saturated heterocycles. The quantitative estimate of drug-likeness (QED) is 0.669. The Hall–Kier alpha value is -3.48. The Morgan fingerprint density at radius 3 is 2.48 bits per heavy atom. The van der Waals surface area contributed by atoms with Crippen molar-refractivity contribution in [3.8, 4) is 17.2 Å². The van der Waals surface area contributed by atoms with Crippen molar-refractivity contribution < 1.29 is 19.0 Å². The van der Waals surface area contributed by atoms with Gasteiger partial charge < -0.3 is 24.1 Å². The SMILES string of the molecule is CCn1cc(OC(=O)NC2CCc3ccc(C)cc32)c2cc(OC)c(OC)cc2c1=O. The number of pyridine rings is 1. The van der Waals surface area contributed by atoms with Gasteiger partial charge in [0.25, 0.3) is 5.56 Å². The van der Waals surface area contributed by atoms with Crippen LogP contribution in [0.5, 0.6) is 17.2 Å². The molecule has 3 aromatic rings. The number of nitrogens with zero attached hydrogens (tertiary/aromatic N) is 1. The average molecular weight is 422 g/mol. The Bertz CT molecular complexity index is 1210. The minimum atomic E-state index is -0.559. The molecule has 7 heteroatoms. The van der Waals surface area contributed by atoms with Crippen LogP contribution in [0.25, 0.3) is 10.8 Å². The lowest BCUT2D eigenvalue weighted by Gasteiger charge is -2.17. The molecule has 0 bridgehead atoms. The van der Waals surface area contributed by atoms with E-state index >= 15 is 0 Å². The molecule has 0 radical (unpaired) electrons. The third-order valence-corrected chi connectivity index (χ3v) is 5.77. The third kappa shape index (κ3) is 3.83. The van der Waals surface area contributed by atoms with E-state index in [0.717, 1.165) is 24.0 Å². The molecular weight excluding hydrogens is 396 g/mol. The molecular formula is C24H26N2O5. The molecule has 4 rings (SSSR count). The largest absolute Gasteiger partial charge is 0.493 e. The van der Waals surface area contributed by atoms with E-state index in [9.17, 15) is 9.59 Å². The zero-order chi connectivity index (χ0) is 22.1. The van der Waals surface area contributed by atoms with E-state index in [4.69, 9.17) is 14.2 Å². The van der Waals surface area contributed by atoms with Crippen LogP contribution in [-0.2, 0) is 13.0 Å². The number of carbonyl (C=O) groups is 1. The second kappa shape index (κ2) is 8.34. The minimum Gasteiger partial charge on any atom is -0.493 e. The number of aryl methyl sites for hydroxylation is 3.